The van der Waals surface area contributed by atoms with Gasteiger partial charge in [-0.25, -0.2) is 4.79 Å². The second kappa shape index (κ2) is 6.70. The molecular weight excluding hydrogens is 192 g/mol. The van der Waals surface area contributed by atoms with Gasteiger partial charge in [0.1, 0.15) is 6.10 Å². The molecule has 92 valence electrons. The number of carbonyl (C=O) groups excluding carboxylic acids is 1. The van der Waals surface area contributed by atoms with Crippen LogP contribution in [0.15, 0.2) is 0 Å². The average molecular weight is 218 g/mol. The van der Waals surface area contributed by atoms with E-state index in [0.717, 1.165) is 0 Å². The summed E-state index contributed by atoms with van der Waals surface area (Å²) in [5, 5.41) is 0. The first-order valence-electron chi connectivity index (χ1n) is 5.07. The molecule has 0 spiro atoms. The van der Waals surface area contributed by atoms with Crippen molar-refractivity contribution in [3.8, 4) is 0 Å². The zero-order chi connectivity index (χ0) is 11.4. The highest BCUT2D eigenvalue weighted by Gasteiger charge is 2.24. The first kappa shape index (κ1) is 16.7. The van der Waals surface area contributed by atoms with Gasteiger partial charge in [0.2, 0.25) is 0 Å². The van der Waals surface area contributed by atoms with Gasteiger partial charge in [-0.2, -0.15) is 0 Å². The lowest BCUT2D eigenvalue weighted by Gasteiger charge is -2.26. The van der Waals surface area contributed by atoms with Crippen molar-refractivity contribution in [3.05, 3.63) is 0 Å². The van der Waals surface area contributed by atoms with Crippen LogP contribution in [0, 0.1) is 11.3 Å². The maximum atomic E-state index is 11.2. The van der Waals surface area contributed by atoms with Crippen LogP contribution in [0.2, 0.25) is 0 Å². The second-order valence-corrected chi connectivity index (χ2v) is 5.08. The zero-order valence-electron chi connectivity index (χ0n) is 10.1. The fourth-order valence-corrected chi connectivity index (χ4v) is 0.590. The predicted molar refractivity (Wildman–Crippen MR) is 62.9 cm³/mol. The van der Waals surface area contributed by atoms with E-state index in [-0.39, 0.29) is 18.9 Å². The first-order valence-corrected chi connectivity index (χ1v) is 5.07. The van der Waals surface area contributed by atoms with E-state index in [0.29, 0.717) is 12.5 Å². The summed E-state index contributed by atoms with van der Waals surface area (Å²) in [6, 6.07) is 0. The third kappa shape index (κ3) is 8.28. The molecule has 0 saturated carbocycles. The maximum absolute atomic E-state index is 11.2. The standard InChI is InChI=1S/C11H22O3.CH4/c1-8(2)7-13-10(12)14-9(3)11(4,5)6;/h8-9H,7H2,1-6H3;1H4. The molecule has 3 nitrogen and oxygen atoms in total. The van der Waals surface area contributed by atoms with Crippen LogP contribution >= 0.6 is 0 Å². The van der Waals surface area contributed by atoms with Crippen molar-refractivity contribution in [2.75, 3.05) is 6.61 Å². The molecule has 0 fully saturated rings. The smallest absolute Gasteiger partial charge is 0.434 e. The second-order valence-electron chi connectivity index (χ2n) is 5.08. The molecule has 0 radical (unpaired) electrons. The van der Waals surface area contributed by atoms with E-state index in [4.69, 9.17) is 9.47 Å². The van der Waals surface area contributed by atoms with Gasteiger partial charge in [0.25, 0.3) is 0 Å². The van der Waals surface area contributed by atoms with Crippen LogP contribution in [-0.2, 0) is 9.47 Å². The molecule has 0 aliphatic rings. The molecule has 0 aromatic rings. The highest BCUT2D eigenvalue weighted by Crippen LogP contribution is 2.21. The summed E-state index contributed by atoms with van der Waals surface area (Å²) in [4.78, 5) is 11.2. The Morgan fingerprint density at radius 3 is 2.00 bits per heavy atom. The first-order chi connectivity index (χ1) is 6.23. The highest BCUT2D eigenvalue weighted by molar-refractivity contribution is 5.60. The summed E-state index contributed by atoms with van der Waals surface area (Å²) in [6.07, 6.45) is -0.705. The van der Waals surface area contributed by atoms with E-state index in [1.807, 2.05) is 41.5 Å². The molecule has 3 heteroatoms. The molecule has 0 aromatic heterocycles. The molecule has 0 aliphatic carbocycles. The number of rotatable bonds is 3. The molecule has 0 rings (SSSR count). The summed E-state index contributed by atoms with van der Waals surface area (Å²) in [5.74, 6) is 0.340. The Balaban J connectivity index is 0. The summed E-state index contributed by atoms with van der Waals surface area (Å²) >= 11 is 0. The third-order valence-corrected chi connectivity index (χ3v) is 2.03. The van der Waals surface area contributed by atoms with Crippen LogP contribution < -0.4 is 0 Å². The molecule has 0 amide bonds. The minimum atomic E-state index is -0.568. The Morgan fingerprint density at radius 1 is 1.20 bits per heavy atom. The SMILES string of the molecule is C.CC(C)COC(=O)OC(C)C(C)(C)C. The lowest BCUT2D eigenvalue weighted by Crippen LogP contribution is -2.29. The van der Waals surface area contributed by atoms with Crippen LogP contribution in [0.5, 0.6) is 0 Å². The van der Waals surface area contributed by atoms with Crippen molar-refractivity contribution in [3.63, 3.8) is 0 Å². The monoisotopic (exact) mass is 218 g/mol. The molecule has 0 N–H and O–H groups in total. The largest absolute Gasteiger partial charge is 0.508 e. The lowest BCUT2D eigenvalue weighted by molar-refractivity contribution is -0.0123. The summed E-state index contributed by atoms with van der Waals surface area (Å²) in [7, 11) is 0. The predicted octanol–water partition coefficient (Wildman–Crippen LogP) is 3.87. The Kier molecular flexibility index (Phi) is 7.45. The molecule has 15 heavy (non-hydrogen) atoms. The Bertz CT molecular complexity index is 180. The number of carbonyl (C=O) groups is 1. The minimum absolute atomic E-state index is 0. The molecular formula is C12H26O3. The van der Waals surface area contributed by atoms with E-state index >= 15 is 0 Å². The topological polar surface area (TPSA) is 35.5 Å². The van der Waals surface area contributed by atoms with Crippen LogP contribution in [0.4, 0.5) is 4.79 Å². The van der Waals surface area contributed by atoms with Crippen molar-refractivity contribution in [1.29, 1.82) is 0 Å². The molecule has 0 aromatic carbocycles. The van der Waals surface area contributed by atoms with Crippen LogP contribution in [0.25, 0.3) is 0 Å². The van der Waals surface area contributed by atoms with Crippen molar-refractivity contribution >= 4 is 6.16 Å². The van der Waals surface area contributed by atoms with Gasteiger partial charge in [-0.3, -0.25) is 0 Å². The van der Waals surface area contributed by atoms with Gasteiger partial charge < -0.3 is 9.47 Å². The van der Waals surface area contributed by atoms with E-state index in [1.54, 1.807) is 0 Å². The quantitative estimate of drug-likeness (QED) is 0.675. The van der Waals surface area contributed by atoms with Crippen molar-refractivity contribution in [2.45, 2.75) is 55.1 Å². The third-order valence-electron chi connectivity index (χ3n) is 2.03. The number of hydrogen-bond donors (Lipinski definition) is 0. The molecule has 1 atom stereocenters. The fourth-order valence-electron chi connectivity index (χ4n) is 0.590. The summed E-state index contributed by atoms with van der Waals surface area (Å²) < 4.78 is 10.0. The molecule has 0 bridgehead atoms. The van der Waals surface area contributed by atoms with E-state index in [9.17, 15) is 4.79 Å². The molecule has 1 unspecified atom stereocenters. The number of ether oxygens (including phenoxy) is 2. The summed E-state index contributed by atoms with van der Waals surface area (Å²) in [5.41, 5.74) is -0.0448. The van der Waals surface area contributed by atoms with Gasteiger partial charge in [-0.1, -0.05) is 42.0 Å². The van der Waals surface area contributed by atoms with Gasteiger partial charge in [0, 0.05) is 0 Å². The van der Waals surface area contributed by atoms with E-state index in [2.05, 4.69) is 0 Å². The van der Waals surface area contributed by atoms with Crippen LogP contribution in [0.1, 0.15) is 49.0 Å². The lowest BCUT2D eigenvalue weighted by atomic mass is 9.90. The molecule has 0 saturated heterocycles. The van der Waals surface area contributed by atoms with Gasteiger partial charge >= 0.3 is 6.16 Å². The highest BCUT2D eigenvalue weighted by atomic mass is 16.7. The average Bonchev–Trinajstić information content (AvgIpc) is 1.99. The normalized spacial score (nSPS) is 13.0. The number of hydrogen-bond acceptors (Lipinski definition) is 3. The van der Waals surface area contributed by atoms with Crippen LogP contribution in [-0.4, -0.2) is 18.9 Å². The Morgan fingerprint density at radius 2 is 1.67 bits per heavy atom. The maximum Gasteiger partial charge on any atom is 0.508 e. The Labute approximate surface area is 94.1 Å². The molecule has 0 heterocycles. The van der Waals surface area contributed by atoms with Crippen molar-refractivity contribution in [2.24, 2.45) is 11.3 Å². The van der Waals surface area contributed by atoms with Gasteiger partial charge in [-0.15, -0.1) is 0 Å². The minimum Gasteiger partial charge on any atom is -0.434 e. The van der Waals surface area contributed by atoms with E-state index in [1.165, 1.54) is 0 Å². The van der Waals surface area contributed by atoms with Crippen LogP contribution in [0.3, 0.4) is 0 Å². The van der Waals surface area contributed by atoms with E-state index < -0.39 is 6.16 Å². The molecule has 0 aliphatic heterocycles. The Hall–Kier alpha value is -0.730. The van der Waals surface area contributed by atoms with Crippen molar-refractivity contribution < 1.29 is 14.3 Å². The van der Waals surface area contributed by atoms with Crippen molar-refractivity contribution in [1.82, 2.24) is 0 Å². The van der Waals surface area contributed by atoms with Gasteiger partial charge in [0.05, 0.1) is 6.61 Å². The van der Waals surface area contributed by atoms with Gasteiger partial charge in [0.15, 0.2) is 0 Å². The van der Waals surface area contributed by atoms with Gasteiger partial charge in [-0.05, 0) is 18.3 Å². The summed E-state index contributed by atoms with van der Waals surface area (Å²) in [6.45, 7) is 12.3. The zero-order valence-corrected chi connectivity index (χ0v) is 10.1. The fraction of sp³-hybridized carbons (Fsp3) is 0.917.